The molecule has 0 aliphatic heterocycles. The number of hydrogen-bond acceptors (Lipinski definition) is 1. The van der Waals surface area contributed by atoms with Gasteiger partial charge in [0, 0.05) is 18.8 Å². The molecule has 0 aliphatic rings. The van der Waals surface area contributed by atoms with Gasteiger partial charge < -0.3 is 4.90 Å². The second-order valence-corrected chi connectivity index (χ2v) is 5.31. The van der Waals surface area contributed by atoms with Crippen LogP contribution in [0.1, 0.15) is 18.1 Å². The van der Waals surface area contributed by atoms with Gasteiger partial charge in [0.25, 0.3) is 0 Å². The van der Waals surface area contributed by atoms with Crippen molar-refractivity contribution in [2.75, 3.05) is 11.4 Å². The van der Waals surface area contributed by atoms with Gasteiger partial charge in [0.15, 0.2) is 0 Å². The van der Waals surface area contributed by atoms with Gasteiger partial charge in [-0.1, -0.05) is 30.3 Å². The zero-order valence-electron chi connectivity index (χ0n) is 11.2. The Morgan fingerprint density at radius 3 is 2.53 bits per heavy atom. The monoisotopic (exact) mass is 321 g/mol. The normalized spacial score (nSPS) is 10.5. The highest BCUT2D eigenvalue weighted by Gasteiger charge is 2.11. The van der Waals surface area contributed by atoms with Crippen LogP contribution in [-0.2, 0) is 6.54 Å². The minimum atomic E-state index is -0.210. The van der Waals surface area contributed by atoms with Crippen molar-refractivity contribution in [3.05, 3.63) is 63.9 Å². The van der Waals surface area contributed by atoms with Gasteiger partial charge in [-0.3, -0.25) is 0 Å². The summed E-state index contributed by atoms with van der Waals surface area (Å²) in [5, 5.41) is 0. The largest absolute Gasteiger partial charge is 0.367 e. The minimum absolute atomic E-state index is 0.210. The lowest BCUT2D eigenvalue weighted by Crippen LogP contribution is -2.23. The van der Waals surface area contributed by atoms with Crippen LogP contribution >= 0.6 is 15.9 Å². The summed E-state index contributed by atoms with van der Waals surface area (Å²) in [7, 11) is 0. The molecule has 0 spiro atoms. The van der Waals surface area contributed by atoms with Crippen LogP contribution in [0.2, 0.25) is 0 Å². The van der Waals surface area contributed by atoms with Gasteiger partial charge in [0.05, 0.1) is 4.47 Å². The predicted octanol–water partition coefficient (Wildman–Crippen LogP) is 4.92. The summed E-state index contributed by atoms with van der Waals surface area (Å²) in [4.78, 5) is 2.24. The molecule has 1 nitrogen and oxygen atoms in total. The van der Waals surface area contributed by atoms with Crippen LogP contribution < -0.4 is 4.90 Å². The standard InChI is InChI=1S/C16H17BrFN/c1-3-19(15-10-5-4-7-12(15)2)11-13-8-6-9-14(18)16(13)17/h4-10H,3,11H2,1-2H3. The maximum Gasteiger partial charge on any atom is 0.137 e. The summed E-state index contributed by atoms with van der Waals surface area (Å²) in [6.07, 6.45) is 0. The fraction of sp³-hybridized carbons (Fsp3) is 0.250. The second-order valence-electron chi connectivity index (χ2n) is 4.51. The third kappa shape index (κ3) is 3.16. The molecule has 0 fully saturated rings. The van der Waals surface area contributed by atoms with Crippen LogP contribution in [0.5, 0.6) is 0 Å². The number of aryl methyl sites for hydroxylation is 1. The topological polar surface area (TPSA) is 3.24 Å². The molecule has 2 aromatic rings. The Morgan fingerprint density at radius 2 is 1.84 bits per heavy atom. The molecule has 2 aromatic carbocycles. The van der Waals surface area contributed by atoms with Gasteiger partial charge in [-0.05, 0) is 53.0 Å². The highest BCUT2D eigenvalue weighted by atomic mass is 79.9. The van der Waals surface area contributed by atoms with Crippen LogP contribution in [0.25, 0.3) is 0 Å². The molecular formula is C16H17BrFN. The molecule has 0 aromatic heterocycles. The summed E-state index contributed by atoms with van der Waals surface area (Å²) in [5.74, 6) is -0.210. The van der Waals surface area contributed by atoms with Crippen molar-refractivity contribution in [2.45, 2.75) is 20.4 Å². The van der Waals surface area contributed by atoms with Gasteiger partial charge in [-0.2, -0.15) is 0 Å². The van der Waals surface area contributed by atoms with E-state index in [1.807, 2.05) is 18.2 Å². The number of halogens is 2. The minimum Gasteiger partial charge on any atom is -0.367 e. The Kier molecular flexibility index (Phi) is 4.59. The quantitative estimate of drug-likeness (QED) is 0.772. The van der Waals surface area contributed by atoms with E-state index >= 15 is 0 Å². The van der Waals surface area contributed by atoms with E-state index in [0.717, 1.165) is 12.1 Å². The number of anilines is 1. The van der Waals surface area contributed by atoms with Crippen LogP contribution in [0, 0.1) is 12.7 Å². The first kappa shape index (κ1) is 14.1. The van der Waals surface area contributed by atoms with E-state index < -0.39 is 0 Å². The average Bonchev–Trinajstić information content (AvgIpc) is 2.41. The van der Waals surface area contributed by atoms with Crippen molar-refractivity contribution >= 4 is 21.6 Å². The van der Waals surface area contributed by atoms with Crippen LogP contribution in [0.4, 0.5) is 10.1 Å². The average molecular weight is 322 g/mol. The fourth-order valence-corrected chi connectivity index (χ4v) is 2.55. The third-order valence-electron chi connectivity index (χ3n) is 3.23. The van der Waals surface area contributed by atoms with E-state index in [1.54, 1.807) is 6.07 Å². The van der Waals surface area contributed by atoms with Crippen molar-refractivity contribution in [1.29, 1.82) is 0 Å². The molecule has 0 amide bonds. The van der Waals surface area contributed by atoms with Gasteiger partial charge in [-0.15, -0.1) is 0 Å². The number of benzene rings is 2. The Balaban J connectivity index is 2.30. The van der Waals surface area contributed by atoms with Gasteiger partial charge in [0.1, 0.15) is 5.82 Å². The molecular weight excluding hydrogens is 305 g/mol. The van der Waals surface area contributed by atoms with Crippen molar-refractivity contribution in [2.24, 2.45) is 0 Å². The van der Waals surface area contributed by atoms with Crippen molar-refractivity contribution in [3.63, 3.8) is 0 Å². The molecule has 0 radical (unpaired) electrons. The van der Waals surface area contributed by atoms with E-state index in [4.69, 9.17) is 0 Å². The van der Waals surface area contributed by atoms with Crippen LogP contribution in [-0.4, -0.2) is 6.54 Å². The second kappa shape index (κ2) is 6.20. The van der Waals surface area contributed by atoms with Gasteiger partial charge in [0.2, 0.25) is 0 Å². The van der Waals surface area contributed by atoms with E-state index in [2.05, 4.69) is 46.8 Å². The molecule has 100 valence electrons. The lowest BCUT2D eigenvalue weighted by molar-refractivity contribution is 0.617. The fourth-order valence-electron chi connectivity index (χ4n) is 2.16. The molecule has 0 bridgehead atoms. The van der Waals surface area contributed by atoms with Crippen LogP contribution in [0.3, 0.4) is 0 Å². The lowest BCUT2D eigenvalue weighted by Gasteiger charge is -2.25. The molecule has 19 heavy (non-hydrogen) atoms. The first-order chi connectivity index (χ1) is 9.13. The zero-order valence-corrected chi connectivity index (χ0v) is 12.7. The van der Waals surface area contributed by atoms with Gasteiger partial charge >= 0.3 is 0 Å². The lowest BCUT2D eigenvalue weighted by atomic mass is 10.1. The number of rotatable bonds is 4. The summed E-state index contributed by atoms with van der Waals surface area (Å²) < 4.78 is 14.1. The SMILES string of the molecule is CCN(Cc1cccc(F)c1Br)c1ccccc1C. The van der Waals surface area contributed by atoms with Crippen LogP contribution in [0.15, 0.2) is 46.9 Å². The Hall–Kier alpha value is -1.35. The van der Waals surface area contributed by atoms with Gasteiger partial charge in [-0.25, -0.2) is 4.39 Å². The summed E-state index contributed by atoms with van der Waals surface area (Å²) >= 11 is 3.33. The Bertz CT molecular complexity index is 568. The summed E-state index contributed by atoms with van der Waals surface area (Å²) in [6, 6.07) is 13.4. The highest BCUT2D eigenvalue weighted by molar-refractivity contribution is 9.10. The first-order valence-electron chi connectivity index (χ1n) is 6.37. The molecule has 3 heteroatoms. The molecule has 0 heterocycles. The van der Waals surface area contributed by atoms with E-state index in [9.17, 15) is 4.39 Å². The predicted molar refractivity (Wildman–Crippen MR) is 82.0 cm³/mol. The molecule has 0 atom stereocenters. The number of hydrogen-bond donors (Lipinski definition) is 0. The maximum atomic E-state index is 13.5. The Morgan fingerprint density at radius 1 is 1.11 bits per heavy atom. The smallest absolute Gasteiger partial charge is 0.137 e. The first-order valence-corrected chi connectivity index (χ1v) is 7.16. The molecule has 0 N–H and O–H groups in total. The number of para-hydroxylation sites is 1. The van der Waals surface area contributed by atoms with Crippen molar-refractivity contribution in [3.8, 4) is 0 Å². The summed E-state index contributed by atoms with van der Waals surface area (Å²) in [6.45, 7) is 5.78. The van der Waals surface area contributed by atoms with Crippen molar-refractivity contribution < 1.29 is 4.39 Å². The molecule has 2 rings (SSSR count). The molecule has 0 aliphatic carbocycles. The van der Waals surface area contributed by atoms with E-state index in [1.165, 1.54) is 17.3 Å². The number of nitrogens with zero attached hydrogens (tertiary/aromatic N) is 1. The van der Waals surface area contributed by atoms with E-state index in [0.29, 0.717) is 11.0 Å². The summed E-state index contributed by atoms with van der Waals surface area (Å²) in [5.41, 5.74) is 3.39. The Labute approximate surface area is 122 Å². The molecule has 0 saturated carbocycles. The van der Waals surface area contributed by atoms with Crippen molar-refractivity contribution in [1.82, 2.24) is 0 Å². The maximum absolute atomic E-state index is 13.5. The third-order valence-corrected chi connectivity index (χ3v) is 4.12. The zero-order chi connectivity index (χ0) is 13.8. The van der Waals surface area contributed by atoms with E-state index in [-0.39, 0.29) is 5.82 Å². The highest BCUT2D eigenvalue weighted by Crippen LogP contribution is 2.26. The molecule has 0 saturated heterocycles. The molecule has 0 unspecified atom stereocenters.